The smallest absolute Gasteiger partial charge is 0.0564 e. The van der Waals surface area contributed by atoms with Crippen molar-refractivity contribution < 1.29 is 0 Å². The lowest BCUT2D eigenvalue weighted by Crippen LogP contribution is -2.37. The molecule has 1 fully saturated rings. The largest absolute Gasteiger partial charge is 0.324 e. The van der Waals surface area contributed by atoms with Crippen molar-refractivity contribution in [2.45, 2.75) is 32.9 Å². The van der Waals surface area contributed by atoms with Crippen molar-refractivity contribution in [2.75, 3.05) is 31.6 Å². The predicted molar refractivity (Wildman–Crippen MR) is 78.7 cm³/mol. The van der Waals surface area contributed by atoms with E-state index in [1.807, 2.05) is 18.3 Å². The number of anilines is 1. The van der Waals surface area contributed by atoms with Crippen LogP contribution < -0.4 is 11.3 Å². The van der Waals surface area contributed by atoms with Gasteiger partial charge in [-0.3, -0.25) is 20.6 Å². The van der Waals surface area contributed by atoms with Crippen LogP contribution in [0.4, 0.5) is 5.69 Å². The fourth-order valence-electron chi connectivity index (χ4n) is 2.88. The first-order valence-electron chi connectivity index (χ1n) is 7.14. The van der Waals surface area contributed by atoms with E-state index < -0.39 is 0 Å². The lowest BCUT2D eigenvalue weighted by Gasteiger charge is -2.26. The lowest BCUT2D eigenvalue weighted by atomic mass is 10.2. The van der Waals surface area contributed by atoms with Crippen LogP contribution in [0.3, 0.4) is 0 Å². The molecule has 0 spiro atoms. The van der Waals surface area contributed by atoms with Crippen LogP contribution in [0.25, 0.3) is 0 Å². The van der Waals surface area contributed by atoms with Crippen molar-refractivity contribution in [3.05, 3.63) is 24.0 Å². The molecule has 0 saturated carbocycles. The molecule has 1 aliphatic rings. The molecule has 5 heteroatoms. The first-order valence-corrected chi connectivity index (χ1v) is 7.14. The van der Waals surface area contributed by atoms with Gasteiger partial charge in [-0.1, -0.05) is 13.8 Å². The van der Waals surface area contributed by atoms with Crippen molar-refractivity contribution in [2.24, 2.45) is 5.84 Å². The van der Waals surface area contributed by atoms with Gasteiger partial charge in [0.2, 0.25) is 0 Å². The van der Waals surface area contributed by atoms with Crippen LogP contribution in [0.1, 0.15) is 26.0 Å². The Morgan fingerprint density at radius 1 is 1.47 bits per heavy atom. The van der Waals surface area contributed by atoms with Gasteiger partial charge >= 0.3 is 0 Å². The first-order chi connectivity index (χ1) is 9.26. The van der Waals surface area contributed by atoms with Gasteiger partial charge in [0.15, 0.2) is 0 Å². The van der Waals surface area contributed by atoms with Gasteiger partial charge in [-0.2, -0.15) is 0 Å². The number of nitrogen functional groups attached to an aromatic ring is 1. The van der Waals surface area contributed by atoms with Gasteiger partial charge in [0.05, 0.1) is 11.4 Å². The predicted octanol–water partition coefficient (Wildman–Crippen LogP) is 1.28. The third-order valence-corrected chi connectivity index (χ3v) is 3.95. The molecule has 0 radical (unpaired) electrons. The number of rotatable bonds is 6. The number of likely N-dealkylation sites (tertiary alicyclic amines) is 1. The highest BCUT2D eigenvalue weighted by molar-refractivity contribution is 5.41. The Labute approximate surface area is 115 Å². The molecule has 1 aromatic heterocycles. The molecule has 1 aliphatic heterocycles. The zero-order chi connectivity index (χ0) is 13.7. The van der Waals surface area contributed by atoms with Crippen LogP contribution in [0.15, 0.2) is 18.3 Å². The third-order valence-electron chi connectivity index (χ3n) is 3.95. The summed E-state index contributed by atoms with van der Waals surface area (Å²) in [7, 11) is 0. The van der Waals surface area contributed by atoms with Gasteiger partial charge in [-0.25, -0.2) is 0 Å². The van der Waals surface area contributed by atoms with E-state index >= 15 is 0 Å². The number of hydrogen-bond donors (Lipinski definition) is 2. The zero-order valence-electron chi connectivity index (χ0n) is 12.0. The molecule has 3 N–H and O–H groups in total. The van der Waals surface area contributed by atoms with Crippen molar-refractivity contribution >= 4 is 5.69 Å². The van der Waals surface area contributed by atoms with Crippen LogP contribution >= 0.6 is 0 Å². The molecule has 0 bridgehead atoms. The molecule has 2 heterocycles. The minimum Gasteiger partial charge on any atom is -0.324 e. The van der Waals surface area contributed by atoms with E-state index in [4.69, 9.17) is 5.84 Å². The summed E-state index contributed by atoms with van der Waals surface area (Å²) in [5.74, 6) is 5.43. The Balaban J connectivity index is 1.90. The molecule has 0 amide bonds. The van der Waals surface area contributed by atoms with Gasteiger partial charge in [0.1, 0.15) is 0 Å². The third kappa shape index (κ3) is 3.65. The van der Waals surface area contributed by atoms with Crippen LogP contribution in [0.2, 0.25) is 0 Å². The normalized spacial score (nSPS) is 20.1. The average molecular weight is 263 g/mol. The van der Waals surface area contributed by atoms with Crippen molar-refractivity contribution in [3.8, 4) is 0 Å². The fraction of sp³-hybridized carbons (Fsp3) is 0.643. The van der Waals surface area contributed by atoms with Gasteiger partial charge in [0, 0.05) is 31.9 Å². The lowest BCUT2D eigenvalue weighted by molar-refractivity contribution is 0.208. The Hall–Kier alpha value is -1.17. The van der Waals surface area contributed by atoms with Crippen LogP contribution in [0, 0.1) is 0 Å². The van der Waals surface area contributed by atoms with Gasteiger partial charge < -0.3 is 5.43 Å². The molecule has 0 aliphatic carbocycles. The highest BCUT2D eigenvalue weighted by Crippen LogP contribution is 2.18. The molecule has 1 aromatic rings. The summed E-state index contributed by atoms with van der Waals surface area (Å²) in [5.41, 5.74) is 4.67. The molecule has 19 heavy (non-hydrogen) atoms. The molecule has 1 saturated heterocycles. The summed E-state index contributed by atoms with van der Waals surface area (Å²) in [5, 5.41) is 0. The average Bonchev–Trinajstić information content (AvgIpc) is 2.89. The molecule has 2 rings (SSSR count). The number of nitrogens with two attached hydrogens (primary N) is 1. The zero-order valence-corrected chi connectivity index (χ0v) is 12.0. The number of hydrogen-bond acceptors (Lipinski definition) is 5. The second-order valence-electron chi connectivity index (χ2n) is 5.08. The molecule has 5 nitrogen and oxygen atoms in total. The van der Waals surface area contributed by atoms with Crippen molar-refractivity contribution in [1.82, 2.24) is 14.8 Å². The summed E-state index contributed by atoms with van der Waals surface area (Å²) in [4.78, 5) is 9.43. The molecule has 1 atom stereocenters. The standard InChI is InChI=1S/C14H25N5/c1-3-19(4-2)14-6-8-18(11-14)10-13-9-12(17-15)5-7-16-13/h5,7,9,14H,3-4,6,8,10-11,15H2,1-2H3,(H,16,17). The minimum atomic E-state index is 0.700. The maximum absolute atomic E-state index is 5.43. The maximum Gasteiger partial charge on any atom is 0.0564 e. The SMILES string of the molecule is CCN(CC)C1CCN(Cc2cc(NN)ccn2)C1. The fourth-order valence-corrected chi connectivity index (χ4v) is 2.88. The van der Waals surface area contributed by atoms with Crippen molar-refractivity contribution in [1.29, 1.82) is 0 Å². The molecule has 0 aromatic carbocycles. The van der Waals surface area contributed by atoms with E-state index in [2.05, 4.69) is 34.1 Å². The highest BCUT2D eigenvalue weighted by atomic mass is 15.3. The van der Waals surface area contributed by atoms with E-state index in [-0.39, 0.29) is 0 Å². The van der Waals surface area contributed by atoms with E-state index in [1.54, 1.807) is 0 Å². The molecular formula is C14H25N5. The number of pyridine rings is 1. The van der Waals surface area contributed by atoms with E-state index in [9.17, 15) is 0 Å². The monoisotopic (exact) mass is 263 g/mol. The number of nitrogens with one attached hydrogen (secondary N) is 1. The van der Waals surface area contributed by atoms with Crippen LogP contribution in [0.5, 0.6) is 0 Å². The molecule has 106 valence electrons. The van der Waals surface area contributed by atoms with Gasteiger partial charge in [-0.05, 0) is 31.6 Å². The highest BCUT2D eigenvalue weighted by Gasteiger charge is 2.26. The Morgan fingerprint density at radius 2 is 2.26 bits per heavy atom. The van der Waals surface area contributed by atoms with Crippen molar-refractivity contribution in [3.63, 3.8) is 0 Å². The van der Waals surface area contributed by atoms with Gasteiger partial charge in [0.25, 0.3) is 0 Å². The number of hydrazine groups is 1. The quantitative estimate of drug-likeness (QED) is 0.598. The second-order valence-corrected chi connectivity index (χ2v) is 5.08. The first kappa shape index (κ1) is 14.2. The summed E-state index contributed by atoms with van der Waals surface area (Å²) in [6.07, 6.45) is 3.07. The second kappa shape index (κ2) is 6.84. The summed E-state index contributed by atoms with van der Waals surface area (Å²) >= 11 is 0. The Morgan fingerprint density at radius 3 is 2.95 bits per heavy atom. The summed E-state index contributed by atoms with van der Waals surface area (Å²) < 4.78 is 0. The molecule has 1 unspecified atom stereocenters. The number of aromatic nitrogens is 1. The van der Waals surface area contributed by atoms with Crippen LogP contribution in [-0.4, -0.2) is 47.0 Å². The Bertz CT molecular complexity index is 391. The summed E-state index contributed by atoms with van der Waals surface area (Å²) in [6.45, 7) is 9.97. The maximum atomic E-state index is 5.43. The van der Waals surface area contributed by atoms with E-state index in [1.165, 1.54) is 6.42 Å². The molecular weight excluding hydrogens is 238 g/mol. The van der Waals surface area contributed by atoms with E-state index in [0.29, 0.717) is 6.04 Å². The number of nitrogens with zero attached hydrogens (tertiary/aromatic N) is 3. The topological polar surface area (TPSA) is 57.4 Å². The van der Waals surface area contributed by atoms with Gasteiger partial charge in [-0.15, -0.1) is 0 Å². The van der Waals surface area contributed by atoms with E-state index in [0.717, 1.165) is 44.1 Å². The minimum absolute atomic E-state index is 0.700. The Kier molecular flexibility index (Phi) is 5.13. The van der Waals surface area contributed by atoms with Crippen LogP contribution in [-0.2, 0) is 6.54 Å². The number of likely N-dealkylation sites (N-methyl/N-ethyl adjacent to an activating group) is 1. The summed E-state index contributed by atoms with van der Waals surface area (Å²) in [6, 6.07) is 4.60.